The first-order valence-corrected chi connectivity index (χ1v) is 8.43. The van der Waals surface area contributed by atoms with Crippen LogP contribution >= 0.6 is 0 Å². The molecule has 27 heavy (non-hydrogen) atoms. The SMILES string of the molecule is COc1ccc(C(C#CC(C)(OC(C)=O)c2ccccc2)OC(C)=O)cc1. The molecule has 0 heterocycles. The molecule has 0 radical (unpaired) electrons. The van der Waals surface area contributed by atoms with E-state index in [9.17, 15) is 9.59 Å². The standard InChI is InChI=1S/C22H22O5/c1-16(23)26-21(18-10-12-20(25-4)13-11-18)14-15-22(3,27-17(2)24)19-8-6-5-7-9-19/h5-13,21H,1-4H3. The molecule has 0 bridgehead atoms. The maximum absolute atomic E-state index is 11.6. The molecule has 0 fully saturated rings. The van der Waals surface area contributed by atoms with Crippen LogP contribution in [0, 0.1) is 11.8 Å². The molecule has 0 N–H and O–H groups in total. The molecule has 2 atom stereocenters. The molecule has 5 nitrogen and oxygen atoms in total. The summed E-state index contributed by atoms with van der Waals surface area (Å²) in [5.41, 5.74) is 0.249. The second kappa shape index (κ2) is 8.91. The van der Waals surface area contributed by atoms with Gasteiger partial charge in [-0.05, 0) is 30.9 Å². The van der Waals surface area contributed by atoms with Gasteiger partial charge >= 0.3 is 11.9 Å². The Labute approximate surface area is 159 Å². The van der Waals surface area contributed by atoms with E-state index >= 15 is 0 Å². The highest BCUT2D eigenvalue weighted by Crippen LogP contribution is 2.26. The summed E-state index contributed by atoms with van der Waals surface area (Å²) in [5.74, 6) is 5.68. The number of carbonyl (C=O) groups is 2. The van der Waals surface area contributed by atoms with Crippen LogP contribution in [0.4, 0.5) is 0 Å². The number of ether oxygens (including phenoxy) is 3. The highest BCUT2D eigenvalue weighted by molar-refractivity contribution is 5.68. The van der Waals surface area contributed by atoms with Crippen LogP contribution in [0.5, 0.6) is 5.75 Å². The lowest BCUT2D eigenvalue weighted by Gasteiger charge is -2.24. The van der Waals surface area contributed by atoms with Crippen LogP contribution in [-0.4, -0.2) is 19.0 Å². The maximum Gasteiger partial charge on any atom is 0.304 e. The molecule has 0 saturated carbocycles. The van der Waals surface area contributed by atoms with E-state index in [1.807, 2.05) is 30.3 Å². The lowest BCUT2D eigenvalue weighted by atomic mass is 9.95. The fraction of sp³-hybridized carbons (Fsp3) is 0.273. The van der Waals surface area contributed by atoms with Gasteiger partial charge in [-0.25, -0.2) is 0 Å². The number of hydrogen-bond acceptors (Lipinski definition) is 5. The van der Waals surface area contributed by atoms with Gasteiger partial charge in [-0.15, -0.1) is 0 Å². The molecule has 0 spiro atoms. The molecular formula is C22H22O5. The van der Waals surface area contributed by atoms with Crippen molar-refractivity contribution in [2.75, 3.05) is 7.11 Å². The van der Waals surface area contributed by atoms with Gasteiger partial charge < -0.3 is 14.2 Å². The van der Waals surface area contributed by atoms with E-state index in [4.69, 9.17) is 14.2 Å². The summed E-state index contributed by atoms with van der Waals surface area (Å²) in [6, 6.07) is 16.3. The third kappa shape index (κ3) is 5.61. The summed E-state index contributed by atoms with van der Waals surface area (Å²) in [4.78, 5) is 23.1. The summed E-state index contributed by atoms with van der Waals surface area (Å²) in [7, 11) is 1.57. The summed E-state index contributed by atoms with van der Waals surface area (Å²) in [6.45, 7) is 4.35. The van der Waals surface area contributed by atoms with Gasteiger partial charge in [0.1, 0.15) is 5.75 Å². The lowest BCUT2D eigenvalue weighted by Crippen LogP contribution is -2.26. The predicted octanol–water partition coefficient (Wildman–Crippen LogP) is 3.78. The van der Waals surface area contributed by atoms with Crippen molar-refractivity contribution in [1.29, 1.82) is 0 Å². The Morgan fingerprint density at radius 1 is 0.963 bits per heavy atom. The monoisotopic (exact) mass is 366 g/mol. The van der Waals surface area contributed by atoms with Gasteiger partial charge in [-0.3, -0.25) is 9.59 Å². The van der Waals surface area contributed by atoms with Gasteiger partial charge in [0.05, 0.1) is 7.11 Å². The van der Waals surface area contributed by atoms with Crippen molar-refractivity contribution in [2.24, 2.45) is 0 Å². The molecule has 0 aliphatic carbocycles. The molecule has 2 aromatic carbocycles. The minimum Gasteiger partial charge on any atom is -0.497 e. The Balaban J connectivity index is 2.42. The molecule has 2 aromatic rings. The van der Waals surface area contributed by atoms with Crippen molar-refractivity contribution in [3.8, 4) is 17.6 Å². The van der Waals surface area contributed by atoms with Gasteiger partial charge in [0, 0.05) is 25.0 Å². The minimum atomic E-state index is -1.17. The summed E-state index contributed by atoms with van der Waals surface area (Å²) >= 11 is 0. The Bertz CT molecular complexity index is 846. The van der Waals surface area contributed by atoms with Crippen LogP contribution in [0.3, 0.4) is 0 Å². The van der Waals surface area contributed by atoms with E-state index in [0.717, 1.165) is 5.56 Å². The Morgan fingerprint density at radius 3 is 2.11 bits per heavy atom. The first kappa shape index (κ1) is 20.1. The van der Waals surface area contributed by atoms with Crippen LogP contribution < -0.4 is 4.74 Å². The normalized spacial score (nSPS) is 13.3. The number of hydrogen-bond donors (Lipinski definition) is 0. The van der Waals surface area contributed by atoms with E-state index in [-0.39, 0.29) is 0 Å². The molecule has 2 rings (SSSR count). The maximum atomic E-state index is 11.6. The third-order valence-corrected chi connectivity index (χ3v) is 3.82. The highest BCUT2D eigenvalue weighted by atomic mass is 16.6. The van der Waals surface area contributed by atoms with Crippen molar-refractivity contribution < 1.29 is 23.8 Å². The fourth-order valence-corrected chi connectivity index (χ4v) is 2.53. The van der Waals surface area contributed by atoms with Crippen molar-refractivity contribution in [2.45, 2.75) is 32.5 Å². The number of esters is 2. The second-order valence-corrected chi connectivity index (χ2v) is 6.02. The zero-order valence-electron chi connectivity index (χ0n) is 15.8. The summed E-state index contributed by atoms with van der Waals surface area (Å²) in [5, 5.41) is 0. The Morgan fingerprint density at radius 2 is 1.59 bits per heavy atom. The van der Waals surface area contributed by atoms with Gasteiger partial charge in [0.2, 0.25) is 0 Å². The van der Waals surface area contributed by atoms with E-state index < -0.39 is 23.6 Å². The molecule has 0 saturated heterocycles. The Kier molecular flexibility index (Phi) is 6.62. The van der Waals surface area contributed by atoms with Crippen LogP contribution in [0.15, 0.2) is 54.6 Å². The van der Waals surface area contributed by atoms with E-state index in [2.05, 4.69) is 11.8 Å². The first-order chi connectivity index (χ1) is 12.8. The lowest BCUT2D eigenvalue weighted by molar-refractivity contribution is -0.151. The number of rotatable bonds is 5. The van der Waals surface area contributed by atoms with Crippen molar-refractivity contribution in [3.63, 3.8) is 0 Å². The van der Waals surface area contributed by atoms with Crippen LogP contribution in [0.2, 0.25) is 0 Å². The molecule has 0 aliphatic rings. The molecule has 2 unspecified atom stereocenters. The summed E-state index contributed by atoms with van der Waals surface area (Å²) < 4.78 is 16.0. The highest BCUT2D eigenvalue weighted by Gasteiger charge is 2.28. The van der Waals surface area contributed by atoms with Crippen LogP contribution in [0.25, 0.3) is 0 Å². The van der Waals surface area contributed by atoms with Crippen LogP contribution in [0.1, 0.15) is 38.0 Å². The first-order valence-electron chi connectivity index (χ1n) is 8.43. The molecule has 0 aliphatic heterocycles. The van der Waals surface area contributed by atoms with Gasteiger partial charge in [0.25, 0.3) is 0 Å². The minimum absolute atomic E-state index is 0.455. The van der Waals surface area contributed by atoms with Crippen molar-refractivity contribution in [1.82, 2.24) is 0 Å². The zero-order valence-corrected chi connectivity index (χ0v) is 15.8. The average Bonchev–Trinajstić information content (AvgIpc) is 2.65. The predicted molar refractivity (Wildman–Crippen MR) is 101 cm³/mol. The van der Waals surface area contributed by atoms with E-state index in [1.165, 1.54) is 13.8 Å². The quantitative estimate of drug-likeness (QED) is 0.595. The van der Waals surface area contributed by atoms with Crippen molar-refractivity contribution >= 4 is 11.9 Å². The smallest absolute Gasteiger partial charge is 0.304 e. The van der Waals surface area contributed by atoms with Gasteiger partial charge in [-0.1, -0.05) is 42.5 Å². The number of methoxy groups -OCH3 is 1. The molecule has 0 amide bonds. The topological polar surface area (TPSA) is 61.8 Å². The zero-order chi connectivity index (χ0) is 19.9. The third-order valence-electron chi connectivity index (χ3n) is 3.82. The Hall–Kier alpha value is -3.26. The molecule has 5 heteroatoms. The van der Waals surface area contributed by atoms with E-state index in [0.29, 0.717) is 11.3 Å². The molecule has 0 aromatic heterocycles. The summed E-state index contributed by atoms with van der Waals surface area (Å²) in [6.07, 6.45) is -0.799. The fourth-order valence-electron chi connectivity index (χ4n) is 2.53. The van der Waals surface area contributed by atoms with E-state index in [1.54, 1.807) is 38.3 Å². The van der Waals surface area contributed by atoms with Crippen LogP contribution in [-0.2, 0) is 24.7 Å². The molecular weight excluding hydrogens is 344 g/mol. The van der Waals surface area contributed by atoms with Gasteiger partial charge in [-0.2, -0.15) is 0 Å². The second-order valence-electron chi connectivity index (χ2n) is 6.02. The van der Waals surface area contributed by atoms with Crippen molar-refractivity contribution in [3.05, 3.63) is 65.7 Å². The number of benzene rings is 2. The largest absolute Gasteiger partial charge is 0.497 e. The molecule has 140 valence electrons. The van der Waals surface area contributed by atoms with Gasteiger partial charge in [0.15, 0.2) is 11.7 Å². The average molecular weight is 366 g/mol. The number of carbonyl (C=O) groups excluding carboxylic acids is 2.